The molecule has 0 aliphatic rings. The molecule has 0 amide bonds. The van der Waals surface area contributed by atoms with Crippen LogP contribution >= 0.6 is 0 Å². The summed E-state index contributed by atoms with van der Waals surface area (Å²) in [7, 11) is 0. The van der Waals surface area contributed by atoms with E-state index in [9.17, 15) is 15.3 Å². The van der Waals surface area contributed by atoms with E-state index in [4.69, 9.17) is 0 Å². The Hall–Kier alpha value is 0.639. The van der Waals surface area contributed by atoms with Gasteiger partial charge in [-0.3, -0.25) is 0 Å². The summed E-state index contributed by atoms with van der Waals surface area (Å²) in [5, 5.41) is 32.9. The Balaban J connectivity index is -0.0000000921. The summed E-state index contributed by atoms with van der Waals surface area (Å²) in [4.78, 5) is 0. The molecule has 21 heavy (non-hydrogen) atoms. The van der Waals surface area contributed by atoms with Gasteiger partial charge in [0.25, 0.3) is 0 Å². The summed E-state index contributed by atoms with van der Waals surface area (Å²) in [5.74, 6) is 0. The molecule has 0 heterocycles. The molecule has 128 valence electrons. The van der Waals surface area contributed by atoms with E-state index in [1.165, 1.54) is 11.0 Å². The molecule has 1 N–H and O–H groups in total. The van der Waals surface area contributed by atoms with Crippen LogP contribution in [0.3, 0.4) is 0 Å². The second-order valence-corrected chi connectivity index (χ2v) is 6.19. The molecule has 3 unspecified atom stereocenters. The van der Waals surface area contributed by atoms with E-state index in [-0.39, 0.29) is 18.3 Å². The Labute approximate surface area is 146 Å². The van der Waals surface area contributed by atoms with Crippen molar-refractivity contribution < 1.29 is 15.3 Å². The summed E-state index contributed by atoms with van der Waals surface area (Å²) in [5.41, 5.74) is 0. The molecule has 0 aromatic rings. The van der Waals surface area contributed by atoms with Crippen molar-refractivity contribution in [2.45, 2.75) is 90.5 Å². The van der Waals surface area contributed by atoms with Crippen molar-refractivity contribution in [2.24, 2.45) is 0 Å². The molecule has 0 spiro atoms. The Morgan fingerprint density at radius 3 is 1.05 bits per heavy atom. The van der Waals surface area contributed by atoms with E-state index in [0.29, 0.717) is 0 Å². The minimum atomic E-state index is -0.366. The van der Waals surface area contributed by atoms with E-state index in [1.54, 1.807) is 43.3 Å². The van der Waals surface area contributed by atoms with E-state index in [0.717, 1.165) is 25.8 Å². The van der Waals surface area contributed by atoms with E-state index < -0.39 is 0 Å². The number of nitrogens with one attached hydrogen (secondary N) is 1. The van der Waals surface area contributed by atoms with Crippen LogP contribution in [0.5, 0.6) is 0 Å². The molecule has 0 aromatic carbocycles. The van der Waals surface area contributed by atoms with Gasteiger partial charge in [-0.1, -0.05) is 60.8 Å². The third-order valence-electron chi connectivity index (χ3n) is 2.28. The fourth-order valence-electron chi connectivity index (χ4n) is 0.265. The van der Waals surface area contributed by atoms with Crippen LogP contribution < -0.4 is 20.6 Å². The van der Waals surface area contributed by atoms with E-state index in [2.05, 4.69) is 12.2 Å². The van der Waals surface area contributed by atoms with Gasteiger partial charge < -0.3 is 15.3 Å². The zero-order valence-electron chi connectivity index (χ0n) is 15.2. The first-order valence-corrected chi connectivity index (χ1v) is 10.1. The van der Waals surface area contributed by atoms with Gasteiger partial charge in [0.1, 0.15) is 0 Å². The minimum absolute atomic E-state index is 0.366. The van der Waals surface area contributed by atoms with Crippen molar-refractivity contribution in [3.05, 3.63) is 0 Å². The SMILES string of the molecule is CCC(C)[O-].CCC(C)[O-].CCC(C)[O-].CCNC[CH2][Sn+3]. The molecule has 0 saturated heterocycles. The van der Waals surface area contributed by atoms with E-state index in [1.807, 2.05) is 20.8 Å². The first-order chi connectivity index (χ1) is 9.72. The van der Waals surface area contributed by atoms with Crippen LogP contribution in [0.2, 0.25) is 4.44 Å². The topological polar surface area (TPSA) is 81.2 Å². The molecule has 4 nitrogen and oxygen atoms in total. The molecular formula is C16H37NO3Sn. The summed E-state index contributed by atoms with van der Waals surface area (Å²) in [6.45, 7) is 15.1. The molecule has 0 aliphatic carbocycles. The quantitative estimate of drug-likeness (QED) is 0.514. The Bertz CT molecular complexity index is 122. The van der Waals surface area contributed by atoms with Crippen LogP contribution in [-0.2, 0) is 0 Å². The standard InChI is InChI=1S/C4H10N.3C4H9O.Sn/c1-3-5-4-2;3*1-3-4(2)5;/h5H,1,3-4H2,2H3;3*4H,3H2,1-2H3;/q;3*-1;+3. The maximum absolute atomic E-state index is 9.90. The van der Waals surface area contributed by atoms with Gasteiger partial charge in [0.05, 0.1) is 0 Å². The molecule has 0 bridgehead atoms. The Kier molecular flexibility index (Phi) is 40.6. The van der Waals surface area contributed by atoms with Crippen molar-refractivity contribution in [1.29, 1.82) is 0 Å². The average molecular weight is 410 g/mol. The molecule has 3 atom stereocenters. The van der Waals surface area contributed by atoms with Gasteiger partial charge in [-0.2, -0.15) is 0 Å². The van der Waals surface area contributed by atoms with Gasteiger partial charge in [-0.25, -0.2) is 0 Å². The molecule has 0 aromatic heterocycles. The van der Waals surface area contributed by atoms with Crippen LogP contribution in [0.1, 0.15) is 67.7 Å². The zero-order chi connectivity index (χ0) is 17.7. The van der Waals surface area contributed by atoms with Gasteiger partial charge in [-0.15, -0.1) is 18.3 Å². The van der Waals surface area contributed by atoms with Crippen LogP contribution in [0, 0.1) is 0 Å². The summed E-state index contributed by atoms with van der Waals surface area (Å²) in [6.07, 6.45) is 1.15. The first-order valence-electron chi connectivity index (χ1n) is 8.05. The molecule has 0 saturated carbocycles. The fourth-order valence-corrected chi connectivity index (χ4v) is 0.770. The predicted octanol–water partition coefficient (Wildman–Crippen LogP) is 0.618. The monoisotopic (exact) mass is 411 g/mol. The van der Waals surface area contributed by atoms with Crippen molar-refractivity contribution in [2.75, 3.05) is 13.1 Å². The summed E-state index contributed by atoms with van der Waals surface area (Å²) >= 11 is 1.63. The van der Waals surface area contributed by atoms with Gasteiger partial charge >= 0.3 is 52.3 Å². The van der Waals surface area contributed by atoms with Crippen LogP contribution in [-0.4, -0.2) is 53.9 Å². The molecule has 0 rings (SSSR count). The third-order valence-corrected chi connectivity index (χ3v) is 2.99. The Morgan fingerprint density at radius 1 is 0.762 bits per heavy atom. The molecule has 0 aliphatic heterocycles. The normalized spacial score (nSPS) is 13.3. The van der Waals surface area contributed by atoms with Crippen LogP contribution in [0.15, 0.2) is 0 Å². The number of hydrogen-bond acceptors (Lipinski definition) is 4. The number of hydrogen-bond donors (Lipinski definition) is 1. The van der Waals surface area contributed by atoms with Gasteiger partial charge in [0, 0.05) is 0 Å². The van der Waals surface area contributed by atoms with Crippen molar-refractivity contribution >= 4 is 22.5 Å². The molecular weight excluding hydrogens is 373 g/mol. The van der Waals surface area contributed by atoms with Crippen molar-refractivity contribution in [1.82, 2.24) is 5.32 Å². The van der Waals surface area contributed by atoms with Crippen molar-refractivity contribution in [3.8, 4) is 0 Å². The maximum atomic E-state index is 9.90. The Morgan fingerprint density at radius 2 is 1.00 bits per heavy atom. The first kappa shape index (κ1) is 29.6. The molecule has 0 fully saturated rings. The summed E-state index contributed by atoms with van der Waals surface area (Å²) in [6, 6.07) is 0. The fraction of sp³-hybridized carbons (Fsp3) is 1.00. The summed E-state index contributed by atoms with van der Waals surface area (Å²) < 4.78 is 1.33. The van der Waals surface area contributed by atoms with E-state index >= 15 is 0 Å². The second kappa shape index (κ2) is 28.8. The van der Waals surface area contributed by atoms with Crippen LogP contribution in [0.4, 0.5) is 0 Å². The number of rotatable bonds is 6. The average Bonchev–Trinajstić information content (AvgIpc) is 2.46. The molecule has 5 heteroatoms. The van der Waals surface area contributed by atoms with Crippen molar-refractivity contribution in [3.63, 3.8) is 0 Å². The zero-order valence-corrected chi connectivity index (χ0v) is 18.1. The van der Waals surface area contributed by atoms with Gasteiger partial charge in [0.2, 0.25) is 0 Å². The van der Waals surface area contributed by atoms with Crippen LogP contribution in [0.25, 0.3) is 0 Å². The van der Waals surface area contributed by atoms with Gasteiger partial charge in [-0.05, 0) is 0 Å². The van der Waals surface area contributed by atoms with Gasteiger partial charge in [0.15, 0.2) is 0 Å². The second-order valence-electron chi connectivity index (χ2n) is 4.76. The third kappa shape index (κ3) is 77.2. The molecule has 0 radical (unpaired) electrons. The predicted molar refractivity (Wildman–Crippen MR) is 88.4 cm³/mol.